The molecule has 0 saturated carbocycles. The molecule has 5 heteroatoms. The molecule has 2 heterocycles. The Morgan fingerprint density at radius 1 is 0.750 bits per heavy atom. The lowest BCUT2D eigenvalue weighted by atomic mass is 10.0. The first-order valence-electron chi connectivity index (χ1n) is 7.84. The molecule has 0 spiro atoms. The monoisotopic (exact) mass is 330 g/mol. The Kier molecular flexibility index (Phi) is 6.78. The average molecular weight is 330 g/mol. The molecule has 2 aliphatic heterocycles. The number of fused-ring (bicyclic) bond motifs is 2. The number of para-hydroxylation sites is 2. The molecule has 0 bridgehead atoms. The number of carbonyl (C=O) groups is 1. The molecule has 2 aromatic rings. The summed E-state index contributed by atoms with van der Waals surface area (Å²) in [5.74, 6) is 1.65. The summed E-state index contributed by atoms with van der Waals surface area (Å²) in [7, 11) is 0. The van der Waals surface area contributed by atoms with E-state index in [0.29, 0.717) is 26.1 Å². The molecule has 0 aliphatic carbocycles. The van der Waals surface area contributed by atoms with Gasteiger partial charge in [-0.3, -0.25) is 0 Å². The topological polar surface area (TPSA) is 76.0 Å². The van der Waals surface area contributed by atoms with E-state index < -0.39 is 0 Å². The fourth-order valence-electron chi connectivity index (χ4n) is 2.65. The van der Waals surface area contributed by atoms with E-state index in [-0.39, 0.29) is 12.2 Å². The van der Waals surface area contributed by atoms with Gasteiger partial charge < -0.3 is 24.5 Å². The van der Waals surface area contributed by atoms with Crippen molar-refractivity contribution in [2.75, 3.05) is 13.2 Å². The van der Waals surface area contributed by atoms with E-state index in [4.69, 9.17) is 14.3 Å². The van der Waals surface area contributed by atoms with E-state index in [1.807, 2.05) is 55.3 Å². The summed E-state index contributed by atoms with van der Waals surface area (Å²) in [6.45, 7) is 3.25. The van der Waals surface area contributed by atoms with E-state index in [0.717, 1.165) is 22.6 Å². The Labute approximate surface area is 141 Å². The lowest BCUT2D eigenvalue weighted by Crippen LogP contribution is -2.13. The van der Waals surface area contributed by atoms with Crippen LogP contribution in [-0.4, -0.2) is 30.2 Å². The first-order chi connectivity index (χ1) is 11.8. The van der Waals surface area contributed by atoms with Crippen molar-refractivity contribution in [3.05, 3.63) is 59.7 Å². The van der Waals surface area contributed by atoms with E-state index in [9.17, 15) is 10.2 Å². The third-order valence-corrected chi connectivity index (χ3v) is 3.85. The average Bonchev–Trinajstić information content (AvgIpc) is 2.65. The molecule has 2 N–H and O–H groups in total. The Morgan fingerprint density at radius 3 is 1.50 bits per heavy atom. The number of benzene rings is 2. The van der Waals surface area contributed by atoms with Gasteiger partial charge in [0.1, 0.15) is 18.3 Å². The van der Waals surface area contributed by atoms with Crippen molar-refractivity contribution >= 4 is 6.79 Å². The highest BCUT2D eigenvalue weighted by molar-refractivity contribution is 5.37. The minimum Gasteiger partial charge on any atom is -0.493 e. The summed E-state index contributed by atoms with van der Waals surface area (Å²) in [6, 6.07) is 15.2. The quantitative estimate of drug-likeness (QED) is 0.777. The zero-order valence-corrected chi connectivity index (χ0v) is 13.4. The maximum absolute atomic E-state index is 9.48. The SMILES string of the molecule is C=O.OC1CCOc2ccccc21.OC1CCOc2ccccc21. The standard InChI is InChI=1S/2C9H10O2.CH2O/c2*10-8-5-6-11-9-4-2-1-3-7(8)9;1-2/h2*1-4,8,10H,5-6H2;1H2. The van der Waals surface area contributed by atoms with Gasteiger partial charge in [-0.15, -0.1) is 0 Å². The molecule has 24 heavy (non-hydrogen) atoms. The molecular weight excluding hydrogens is 308 g/mol. The molecule has 2 atom stereocenters. The Hall–Kier alpha value is -2.37. The van der Waals surface area contributed by atoms with Gasteiger partial charge in [-0.25, -0.2) is 0 Å². The van der Waals surface area contributed by atoms with Crippen molar-refractivity contribution in [2.24, 2.45) is 0 Å². The first kappa shape index (κ1) is 18.0. The number of rotatable bonds is 0. The smallest absolute Gasteiger partial charge is 0.125 e. The highest BCUT2D eigenvalue weighted by atomic mass is 16.5. The zero-order chi connectivity index (χ0) is 17.4. The van der Waals surface area contributed by atoms with Crippen molar-refractivity contribution in [1.29, 1.82) is 0 Å². The Morgan fingerprint density at radius 2 is 1.12 bits per heavy atom. The summed E-state index contributed by atoms with van der Waals surface area (Å²) < 4.78 is 10.7. The molecular formula is C19H22O5. The van der Waals surface area contributed by atoms with Gasteiger partial charge in [0.25, 0.3) is 0 Å². The molecule has 0 fully saturated rings. The van der Waals surface area contributed by atoms with Crippen molar-refractivity contribution in [3.63, 3.8) is 0 Å². The third kappa shape index (κ3) is 4.34. The maximum Gasteiger partial charge on any atom is 0.125 e. The number of aliphatic hydroxyl groups is 2. The fourth-order valence-corrected chi connectivity index (χ4v) is 2.65. The van der Waals surface area contributed by atoms with Crippen LogP contribution in [0.15, 0.2) is 48.5 Å². The second kappa shape index (κ2) is 9.05. The van der Waals surface area contributed by atoms with Gasteiger partial charge >= 0.3 is 0 Å². The zero-order valence-electron chi connectivity index (χ0n) is 13.4. The lowest BCUT2D eigenvalue weighted by molar-refractivity contribution is -0.0980. The van der Waals surface area contributed by atoms with Gasteiger partial charge in [0.2, 0.25) is 0 Å². The number of aliphatic hydroxyl groups excluding tert-OH is 2. The van der Waals surface area contributed by atoms with Crippen LogP contribution in [0.25, 0.3) is 0 Å². The number of carbonyl (C=O) groups excluding carboxylic acids is 1. The van der Waals surface area contributed by atoms with Crippen molar-refractivity contribution in [3.8, 4) is 11.5 Å². The maximum atomic E-state index is 9.48. The molecule has 128 valence electrons. The number of hydrogen-bond donors (Lipinski definition) is 2. The van der Waals surface area contributed by atoms with E-state index >= 15 is 0 Å². The molecule has 0 radical (unpaired) electrons. The predicted molar refractivity (Wildman–Crippen MR) is 90.1 cm³/mol. The van der Waals surface area contributed by atoms with Gasteiger partial charge in [-0.05, 0) is 12.1 Å². The molecule has 5 nitrogen and oxygen atoms in total. The Balaban J connectivity index is 0.000000158. The molecule has 0 saturated heterocycles. The summed E-state index contributed by atoms with van der Waals surface area (Å²) >= 11 is 0. The molecule has 0 aromatic heterocycles. The van der Waals surface area contributed by atoms with Gasteiger partial charge in [0, 0.05) is 24.0 Å². The molecule has 4 rings (SSSR count). The second-order valence-electron chi connectivity index (χ2n) is 5.38. The fraction of sp³-hybridized carbons (Fsp3) is 0.316. The minimum absolute atomic E-state index is 0.333. The number of ether oxygens (including phenoxy) is 2. The summed E-state index contributed by atoms with van der Waals surface area (Å²) in [4.78, 5) is 8.00. The predicted octanol–water partition coefficient (Wildman–Crippen LogP) is 2.82. The number of hydrogen-bond acceptors (Lipinski definition) is 5. The highest BCUT2D eigenvalue weighted by Crippen LogP contribution is 2.31. The largest absolute Gasteiger partial charge is 0.493 e. The minimum atomic E-state index is -0.333. The lowest BCUT2D eigenvalue weighted by Gasteiger charge is -2.21. The summed E-state index contributed by atoms with van der Waals surface area (Å²) in [6.07, 6.45) is 0.744. The van der Waals surface area contributed by atoms with Crippen molar-refractivity contribution < 1.29 is 24.5 Å². The van der Waals surface area contributed by atoms with Gasteiger partial charge in [-0.2, -0.15) is 0 Å². The third-order valence-electron chi connectivity index (χ3n) is 3.85. The van der Waals surface area contributed by atoms with Crippen molar-refractivity contribution in [1.82, 2.24) is 0 Å². The van der Waals surface area contributed by atoms with Gasteiger partial charge in [0.15, 0.2) is 0 Å². The second-order valence-corrected chi connectivity index (χ2v) is 5.38. The van der Waals surface area contributed by atoms with Crippen LogP contribution in [0.3, 0.4) is 0 Å². The van der Waals surface area contributed by atoms with E-state index in [2.05, 4.69) is 0 Å². The molecule has 2 aromatic carbocycles. The van der Waals surface area contributed by atoms with Gasteiger partial charge in [0.05, 0.1) is 25.4 Å². The van der Waals surface area contributed by atoms with Crippen LogP contribution in [0.4, 0.5) is 0 Å². The normalized spacial score (nSPS) is 20.4. The van der Waals surface area contributed by atoms with Crippen LogP contribution in [0.5, 0.6) is 11.5 Å². The van der Waals surface area contributed by atoms with Crippen LogP contribution in [0.2, 0.25) is 0 Å². The van der Waals surface area contributed by atoms with Crippen molar-refractivity contribution in [2.45, 2.75) is 25.0 Å². The van der Waals surface area contributed by atoms with Crippen LogP contribution in [0.1, 0.15) is 36.2 Å². The van der Waals surface area contributed by atoms with Crippen LogP contribution >= 0.6 is 0 Å². The van der Waals surface area contributed by atoms with Gasteiger partial charge in [-0.1, -0.05) is 36.4 Å². The van der Waals surface area contributed by atoms with E-state index in [1.54, 1.807) is 0 Å². The van der Waals surface area contributed by atoms with Crippen LogP contribution in [0, 0.1) is 0 Å². The first-order valence-corrected chi connectivity index (χ1v) is 7.84. The van der Waals surface area contributed by atoms with Crippen LogP contribution < -0.4 is 9.47 Å². The highest BCUT2D eigenvalue weighted by Gasteiger charge is 2.18. The Bertz CT molecular complexity index is 588. The van der Waals surface area contributed by atoms with E-state index in [1.165, 1.54) is 0 Å². The summed E-state index contributed by atoms with van der Waals surface area (Å²) in [5.41, 5.74) is 1.83. The molecule has 2 unspecified atom stereocenters. The molecule has 0 amide bonds. The van der Waals surface area contributed by atoms with Crippen LogP contribution in [-0.2, 0) is 4.79 Å². The molecule has 2 aliphatic rings. The summed E-state index contributed by atoms with van der Waals surface area (Å²) in [5, 5.41) is 19.0.